The van der Waals surface area contributed by atoms with Crippen LogP contribution in [0.3, 0.4) is 0 Å². The van der Waals surface area contributed by atoms with E-state index >= 15 is 0 Å². The van der Waals surface area contributed by atoms with E-state index in [1.54, 1.807) is 38.3 Å². The molecule has 1 atom stereocenters. The predicted molar refractivity (Wildman–Crippen MR) is 95.2 cm³/mol. The topological polar surface area (TPSA) is 67.4 Å². The number of anilines is 2. The smallest absolute Gasteiger partial charge is 0.255 e. The average Bonchev–Trinajstić information content (AvgIpc) is 2.61. The minimum atomic E-state index is -0.232. The van der Waals surface area contributed by atoms with E-state index in [9.17, 15) is 9.59 Å². The van der Waals surface area contributed by atoms with Crippen LogP contribution in [-0.4, -0.2) is 18.9 Å². The molecule has 2 aromatic carbocycles. The van der Waals surface area contributed by atoms with E-state index in [4.69, 9.17) is 4.74 Å². The van der Waals surface area contributed by atoms with Crippen molar-refractivity contribution >= 4 is 23.2 Å². The number of hydrogen-bond donors (Lipinski definition) is 2. The van der Waals surface area contributed by atoms with Gasteiger partial charge in [-0.05, 0) is 42.8 Å². The Balaban J connectivity index is 2.12. The van der Waals surface area contributed by atoms with E-state index in [-0.39, 0.29) is 17.9 Å². The first-order valence-electron chi connectivity index (χ1n) is 7.87. The molecule has 0 saturated carbocycles. The molecule has 0 aliphatic rings. The Kier molecular flexibility index (Phi) is 6.09. The standard InChI is InChI=1S/C19H22N2O3/c1-4-18(22)20-16-9-6-8-15(12-16)19(23)21-17-10-5-7-14(11-17)13(2)24-3/h5-13H,4H2,1-3H3,(H,20,22)(H,21,23)/t13-/m0/s1. The molecule has 2 aromatic rings. The zero-order chi connectivity index (χ0) is 17.5. The van der Waals surface area contributed by atoms with Crippen LogP contribution < -0.4 is 10.6 Å². The predicted octanol–water partition coefficient (Wildman–Crippen LogP) is 3.99. The second-order valence-corrected chi connectivity index (χ2v) is 5.44. The van der Waals surface area contributed by atoms with Gasteiger partial charge in [0.2, 0.25) is 5.91 Å². The van der Waals surface area contributed by atoms with Gasteiger partial charge in [-0.3, -0.25) is 9.59 Å². The molecule has 5 nitrogen and oxygen atoms in total. The van der Waals surface area contributed by atoms with E-state index in [1.165, 1.54) is 0 Å². The Morgan fingerprint density at radius 3 is 2.38 bits per heavy atom. The van der Waals surface area contributed by atoms with Crippen LogP contribution in [0, 0.1) is 0 Å². The second-order valence-electron chi connectivity index (χ2n) is 5.44. The Morgan fingerprint density at radius 1 is 1.04 bits per heavy atom. The summed E-state index contributed by atoms with van der Waals surface area (Å²) in [5.74, 6) is -0.321. The largest absolute Gasteiger partial charge is 0.377 e. The molecule has 5 heteroatoms. The van der Waals surface area contributed by atoms with Gasteiger partial charge in [0.05, 0.1) is 6.10 Å². The van der Waals surface area contributed by atoms with Crippen molar-refractivity contribution in [1.29, 1.82) is 0 Å². The molecule has 0 aromatic heterocycles. The quantitative estimate of drug-likeness (QED) is 0.843. The molecule has 2 N–H and O–H groups in total. The fraction of sp³-hybridized carbons (Fsp3) is 0.263. The van der Waals surface area contributed by atoms with Crippen LogP contribution >= 0.6 is 0 Å². The lowest BCUT2D eigenvalue weighted by Gasteiger charge is -2.12. The number of rotatable bonds is 6. The van der Waals surface area contributed by atoms with Crippen LogP contribution in [0.1, 0.15) is 42.3 Å². The van der Waals surface area contributed by atoms with Gasteiger partial charge in [-0.15, -0.1) is 0 Å². The van der Waals surface area contributed by atoms with E-state index in [2.05, 4.69) is 10.6 Å². The van der Waals surface area contributed by atoms with Gasteiger partial charge in [0.15, 0.2) is 0 Å². The minimum Gasteiger partial charge on any atom is -0.377 e. The first-order chi connectivity index (χ1) is 11.5. The van der Waals surface area contributed by atoms with Gasteiger partial charge in [0.25, 0.3) is 5.91 Å². The van der Waals surface area contributed by atoms with Gasteiger partial charge in [0.1, 0.15) is 0 Å². The van der Waals surface area contributed by atoms with Gasteiger partial charge in [-0.25, -0.2) is 0 Å². The van der Waals surface area contributed by atoms with Crippen LogP contribution in [0.25, 0.3) is 0 Å². The summed E-state index contributed by atoms with van der Waals surface area (Å²) in [6, 6.07) is 14.4. The van der Waals surface area contributed by atoms with Crippen LogP contribution in [0.4, 0.5) is 11.4 Å². The summed E-state index contributed by atoms with van der Waals surface area (Å²) in [5.41, 5.74) is 2.77. The van der Waals surface area contributed by atoms with Gasteiger partial charge in [0, 0.05) is 30.5 Å². The van der Waals surface area contributed by atoms with Crippen LogP contribution in [0.2, 0.25) is 0 Å². The highest BCUT2D eigenvalue weighted by molar-refractivity contribution is 6.05. The van der Waals surface area contributed by atoms with Gasteiger partial charge < -0.3 is 15.4 Å². The molecule has 0 aliphatic carbocycles. The summed E-state index contributed by atoms with van der Waals surface area (Å²) in [5, 5.41) is 5.61. The third kappa shape index (κ3) is 4.67. The molecule has 0 radical (unpaired) electrons. The average molecular weight is 326 g/mol. The van der Waals surface area contributed by atoms with E-state index in [0.717, 1.165) is 5.56 Å². The summed E-state index contributed by atoms with van der Waals surface area (Å²) in [7, 11) is 1.64. The normalized spacial score (nSPS) is 11.6. The van der Waals surface area contributed by atoms with Crippen molar-refractivity contribution in [2.75, 3.05) is 17.7 Å². The number of benzene rings is 2. The highest BCUT2D eigenvalue weighted by Crippen LogP contribution is 2.20. The first-order valence-corrected chi connectivity index (χ1v) is 7.87. The molecule has 2 amide bonds. The van der Waals surface area contributed by atoms with Crippen LogP contribution in [0.15, 0.2) is 48.5 Å². The minimum absolute atomic E-state index is 0.0468. The molecular formula is C19H22N2O3. The van der Waals surface area contributed by atoms with Crippen molar-refractivity contribution in [3.8, 4) is 0 Å². The maximum absolute atomic E-state index is 12.4. The number of methoxy groups -OCH3 is 1. The Morgan fingerprint density at radius 2 is 1.71 bits per heavy atom. The van der Waals surface area contributed by atoms with Crippen molar-refractivity contribution in [2.45, 2.75) is 26.4 Å². The van der Waals surface area contributed by atoms with E-state index in [1.807, 2.05) is 31.2 Å². The lowest BCUT2D eigenvalue weighted by molar-refractivity contribution is -0.115. The fourth-order valence-electron chi connectivity index (χ4n) is 2.20. The Labute approximate surface area is 142 Å². The lowest BCUT2D eigenvalue weighted by atomic mass is 10.1. The summed E-state index contributed by atoms with van der Waals surface area (Å²) >= 11 is 0. The molecule has 2 rings (SSSR count). The van der Waals surface area contributed by atoms with Crippen molar-refractivity contribution in [3.63, 3.8) is 0 Å². The number of carbonyl (C=O) groups is 2. The van der Waals surface area contributed by atoms with Crippen LogP contribution in [-0.2, 0) is 9.53 Å². The first kappa shape index (κ1) is 17.7. The third-order valence-corrected chi connectivity index (χ3v) is 3.70. The molecule has 0 heterocycles. The number of carbonyl (C=O) groups excluding carboxylic acids is 2. The monoisotopic (exact) mass is 326 g/mol. The molecule has 0 aliphatic heterocycles. The van der Waals surface area contributed by atoms with Crippen molar-refractivity contribution in [1.82, 2.24) is 0 Å². The van der Waals surface area contributed by atoms with Gasteiger partial charge >= 0.3 is 0 Å². The Hall–Kier alpha value is -2.66. The summed E-state index contributed by atoms with van der Waals surface area (Å²) < 4.78 is 5.29. The number of ether oxygens (including phenoxy) is 1. The second kappa shape index (κ2) is 8.26. The van der Waals surface area contributed by atoms with E-state index in [0.29, 0.717) is 23.4 Å². The van der Waals surface area contributed by atoms with Crippen molar-refractivity contribution < 1.29 is 14.3 Å². The SMILES string of the molecule is CCC(=O)Nc1cccc(C(=O)Nc2cccc([C@H](C)OC)c2)c1. The molecule has 0 saturated heterocycles. The lowest BCUT2D eigenvalue weighted by Crippen LogP contribution is -2.14. The molecular weight excluding hydrogens is 304 g/mol. The third-order valence-electron chi connectivity index (χ3n) is 3.70. The number of nitrogens with one attached hydrogen (secondary N) is 2. The molecule has 0 fully saturated rings. The van der Waals surface area contributed by atoms with Crippen LogP contribution in [0.5, 0.6) is 0 Å². The summed E-state index contributed by atoms with van der Waals surface area (Å²) in [6.07, 6.45) is 0.343. The molecule has 24 heavy (non-hydrogen) atoms. The molecule has 0 bridgehead atoms. The van der Waals surface area contributed by atoms with Crippen molar-refractivity contribution in [3.05, 3.63) is 59.7 Å². The zero-order valence-electron chi connectivity index (χ0n) is 14.1. The highest BCUT2D eigenvalue weighted by atomic mass is 16.5. The van der Waals surface area contributed by atoms with Gasteiger partial charge in [-0.2, -0.15) is 0 Å². The molecule has 126 valence electrons. The molecule has 0 spiro atoms. The van der Waals surface area contributed by atoms with E-state index < -0.39 is 0 Å². The summed E-state index contributed by atoms with van der Waals surface area (Å²) in [6.45, 7) is 3.72. The maximum atomic E-state index is 12.4. The number of hydrogen-bond acceptors (Lipinski definition) is 3. The number of amides is 2. The zero-order valence-corrected chi connectivity index (χ0v) is 14.1. The molecule has 0 unspecified atom stereocenters. The van der Waals surface area contributed by atoms with Crippen molar-refractivity contribution in [2.24, 2.45) is 0 Å². The van der Waals surface area contributed by atoms with Gasteiger partial charge in [-0.1, -0.05) is 25.1 Å². The Bertz CT molecular complexity index is 728. The summed E-state index contributed by atoms with van der Waals surface area (Å²) in [4.78, 5) is 23.9. The highest BCUT2D eigenvalue weighted by Gasteiger charge is 2.10. The fourth-order valence-corrected chi connectivity index (χ4v) is 2.20. The maximum Gasteiger partial charge on any atom is 0.255 e.